The maximum atomic E-state index is 11.5. The van der Waals surface area contributed by atoms with Gasteiger partial charge in [0.2, 0.25) is 0 Å². The molecule has 0 saturated heterocycles. The second-order valence-electron chi connectivity index (χ2n) is 4.16. The van der Waals surface area contributed by atoms with E-state index in [2.05, 4.69) is 9.26 Å². The molecule has 0 rings (SSSR count). The van der Waals surface area contributed by atoms with E-state index >= 15 is 0 Å². The summed E-state index contributed by atoms with van der Waals surface area (Å²) < 4.78 is 24.4. The van der Waals surface area contributed by atoms with Crippen molar-refractivity contribution in [2.75, 3.05) is 13.2 Å². The van der Waals surface area contributed by atoms with Crippen molar-refractivity contribution in [3.8, 4) is 0 Å². The van der Waals surface area contributed by atoms with Crippen LogP contribution in [-0.2, 0) is 28.2 Å². The first-order chi connectivity index (χ1) is 9.24. The first-order valence-corrected chi connectivity index (χ1v) is 7.80. The highest BCUT2D eigenvalue weighted by Gasteiger charge is 2.22. The van der Waals surface area contributed by atoms with Gasteiger partial charge in [0.05, 0.1) is 6.61 Å². The predicted octanol–water partition coefficient (Wildman–Crippen LogP) is 1.15. The normalized spacial score (nSPS) is 12.8. The molecule has 1 unspecified atom stereocenters. The molecule has 0 bridgehead atoms. The van der Waals surface area contributed by atoms with Crippen LogP contribution in [0.4, 0.5) is 0 Å². The summed E-state index contributed by atoms with van der Waals surface area (Å²) in [5.41, 5.74) is 0. The number of hydrogen-bond acceptors (Lipinski definition) is 6. The number of ether oxygens (including phenoxy) is 2. The van der Waals surface area contributed by atoms with Crippen LogP contribution in [0.5, 0.6) is 0 Å². The van der Waals surface area contributed by atoms with Gasteiger partial charge >= 0.3 is 19.8 Å². The summed E-state index contributed by atoms with van der Waals surface area (Å²) in [6.07, 6.45) is 1.64. The van der Waals surface area contributed by atoms with E-state index in [1.807, 2.05) is 6.92 Å². The largest absolute Gasteiger partial charge is 0.469 e. The lowest BCUT2D eigenvalue weighted by Gasteiger charge is -2.17. The highest BCUT2D eigenvalue weighted by Crippen LogP contribution is 2.35. The van der Waals surface area contributed by atoms with Crippen LogP contribution in [0.25, 0.3) is 0 Å². The number of hydrogen-bond donors (Lipinski definition) is 2. The molecule has 118 valence electrons. The van der Waals surface area contributed by atoms with Gasteiger partial charge in [0, 0.05) is 13.3 Å². The van der Waals surface area contributed by atoms with Crippen LogP contribution >= 0.6 is 7.82 Å². The van der Waals surface area contributed by atoms with Crippen molar-refractivity contribution in [2.45, 2.75) is 45.6 Å². The zero-order valence-corrected chi connectivity index (χ0v) is 12.5. The van der Waals surface area contributed by atoms with Crippen molar-refractivity contribution in [2.24, 2.45) is 0 Å². The van der Waals surface area contributed by atoms with Gasteiger partial charge in [-0.05, 0) is 6.42 Å². The van der Waals surface area contributed by atoms with Crippen molar-refractivity contribution >= 4 is 19.8 Å². The molecule has 9 heteroatoms. The monoisotopic (exact) mass is 312 g/mol. The van der Waals surface area contributed by atoms with Crippen LogP contribution in [0.2, 0.25) is 0 Å². The molecule has 0 amide bonds. The van der Waals surface area contributed by atoms with Crippen molar-refractivity contribution in [3.63, 3.8) is 0 Å². The first kappa shape index (κ1) is 19.1. The van der Waals surface area contributed by atoms with Crippen LogP contribution in [-0.4, -0.2) is 41.0 Å². The van der Waals surface area contributed by atoms with E-state index in [4.69, 9.17) is 14.5 Å². The Morgan fingerprint density at radius 3 is 2.35 bits per heavy atom. The van der Waals surface area contributed by atoms with E-state index in [1.54, 1.807) is 0 Å². The Morgan fingerprint density at radius 2 is 1.85 bits per heavy atom. The van der Waals surface area contributed by atoms with Crippen molar-refractivity contribution in [1.29, 1.82) is 0 Å². The third kappa shape index (κ3) is 12.1. The first-order valence-electron chi connectivity index (χ1n) is 6.27. The average molecular weight is 312 g/mol. The summed E-state index contributed by atoms with van der Waals surface area (Å²) in [5.74, 6) is -1.11. The maximum Gasteiger partial charge on any atom is 0.469 e. The Balaban J connectivity index is 4.25. The minimum Gasteiger partial charge on any atom is -0.462 e. The molecule has 2 N–H and O–H groups in total. The fourth-order valence-corrected chi connectivity index (χ4v) is 1.63. The summed E-state index contributed by atoms with van der Waals surface area (Å²) in [7, 11) is -4.67. The minimum atomic E-state index is -4.67. The predicted molar refractivity (Wildman–Crippen MR) is 68.7 cm³/mol. The fourth-order valence-electron chi connectivity index (χ4n) is 1.27. The van der Waals surface area contributed by atoms with E-state index in [1.165, 1.54) is 6.92 Å². The second-order valence-corrected chi connectivity index (χ2v) is 5.40. The molecular formula is C11H21O8P. The number of rotatable bonds is 10. The molecule has 0 aliphatic heterocycles. The zero-order valence-electron chi connectivity index (χ0n) is 11.6. The fraction of sp³-hybridized carbons (Fsp3) is 0.818. The summed E-state index contributed by atoms with van der Waals surface area (Å²) in [6.45, 7) is 2.30. The van der Waals surface area contributed by atoms with Gasteiger partial charge in [-0.2, -0.15) is 0 Å². The van der Waals surface area contributed by atoms with Gasteiger partial charge in [0.25, 0.3) is 0 Å². The van der Waals surface area contributed by atoms with E-state index in [-0.39, 0.29) is 13.0 Å². The summed E-state index contributed by atoms with van der Waals surface area (Å²) in [6, 6.07) is 0. The van der Waals surface area contributed by atoms with Crippen LogP contribution < -0.4 is 0 Å². The number of unbranched alkanes of at least 4 members (excludes halogenated alkanes) is 2. The van der Waals surface area contributed by atoms with Crippen LogP contribution in [0.3, 0.4) is 0 Å². The highest BCUT2D eigenvalue weighted by molar-refractivity contribution is 7.46. The standard InChI is InChI=1S/C11H21O8P/c1-3-4-5-6-11(13)19-10(7-17-9(2)12)8-18-20(14,15)16/h10H,3-8H2,1-2H3,(H2,14,15,16). The average Bonchev–Trinajstić information content (AvgIpc) is 2.31. The molecular weight excluding hydrogens is 291 g/mol. The molecule has 20 heavy (non-hydrogen) atoms. The SMILES string of the molecule is CCCCCC(=O)OC(COC(C)=O)COP(=O)(O)O. The highest BCUT2D eigenvalue weighted by atomic mass is 31.2. The van der Waals surface area contributed by atoms with E-state index < -0.39 is 32.5 Å². The molecule has 0 aliphatic rings. The molecule has 0 heterocycles. The Morgan fingerprint density at radius 1 is 1.20 bits per heavy atom. The van der Waals surface area contributed by atoms with Gasteiger partial charge in [-0.15, -0.1) is 0 Å². The molecule has 8 nitrogen and oxygen atoms in total. The smallest absolute Gasteiger partial charge is 0.462 e. The summed E-state index contributed by atoms with van der Waals surface area (Å²) in [5, 5.41) is 0. The summed E-state index contributed by atoms with van der Waals surface area (Å²) >= 11 is 0. The number of carbonyl (C=O) groups is 2. The molecule has 0 aliphatic carbocycles. The number of phosphoric ester groups is 1. The third-order valence-corrected chi connectivity index (χ3v) is 2.67. The van der Waals surface area contributed by atoms with Gasteiger partial charge in [0.1, 0.15) is 6.61 Å². The molecule has 0 spiro atoms. The van der Waals surface area contributed by atoms with Gasteiger partial charge < -0.3 is 19.3 Å². The minimum absolute atomic E-state index is 0.195. The van der Waals surface area contributed by atoms with Crippen LogP contribution in [0.15, 0.2) is 0 Å². The second kappa shape index (κ2) is 9.88. The topological polar surface area (TPSA) is 119 Å². The van der Waals surface area contributed by atoms with Crippen LogP contribution in [0, 0.1) is 0 Å². The molecule has 0 aromatic carbocycles. The Labute approximate surface area is 117 Å². The molecule has 0 saturated carbocycles. The Hall–Kier alpha value is -0.950. The molecule has 1 atom stereocenters. The van der Waals surface area contributed by atoms with E-state index in [0.717, 1.165) is 12.8 Å². The van der Waals surface area contributed by atoms with Crippen LogP contribution in [0.1, 0.15) is 39.5 Å². The lowest BCUT2D eigenvalue weighted by molar-refractivity contribution is -0.160. The van der Waals surface area contributed by atoms with Crippen molar-refractivity contribution in [1.82, 2.24) is 0 Å². The molecule has 0 aromatic rings. The quantitative estimate of drug-likeness (QED) is 0.350. The van der Waals surface area contributed by atoms with Crippen molar-refractivity contribution < 1.29 is 37.9 Å². The Kier molecular flexibility index (Phi) is 9.41. The van der Waals surface area contributed by atoms with Gasteiger partial charge in [-0.25, -0.2) is 4.57 Å². The Bertz CT molecular complexity index is 350. The lowest BCUT2D eigenvalue weighted by atomic mass is 10.2. The van der Waals surface area contributed by atoms with Crippen molar-refractivity contribution in [3.05, 3.63) is 0 Å². The molecule has 0 aromatic heterocycles. The van der Waals surface area contributed by atoms with Gasteiger partial charge in [-0.3, -0.25) is 14.1 Å². The lowest BCUT2D eigenvalue weighted by Crippen LogP contribution is -2.29. The summed E-state index contributed by atoms with van der Waals surface area (Å²) in [4.78, 5) is 39.4. The molecule has 0 radical (unpaired) electrons. The number of esters is 2. The number of phosphoric acid groups is 1. The maximum absolute atomic E-state index is 11.5. The van der Waals surface area contributed by atoms with Gasteiger partial charge in [0.15, 0.2) is 6.10 Å². The van der Waals surface area contributed by atoms with Gasteiger partial charge in [-0.1, -0.05) is 19.8 Å². The number of carbonyl (C=O) groups excluding carboxylic acids is 2. The zero-order chi connectivity index (χ0) is 15.6. The molecule has 0 fully saturated rings. The van der Waals surface area contributed by atoms with E-state index in [9.17, 15) is 14.2 Å². The third-order valence-electron chi connectivity index (χ3n) is 2.18. The van der Waals surface area contributed by atoms with E-state index in [0.29, 0.717) is 6.42 Å².